The molecule has 3 aromatic rings. The largest absolute Gasteiger partial charge is 0.418 e. The van der Waals surface area contributed by atoms with Crippen molar-refractivity contribution in [2.24, 2.45) is 0 Å². The molecule has 1 heterocycles. The Morgan fingerprint density at radius 1 is 1.07 bits per heavy atom. The minimum atomic E-state index is -4.58. The van der Waals surface area contributed by atoms with Gasteiger partial charge in [-0.25, -0.2) is 4.68 Å². The number of alkyl halides is 3. The average molecular weight is 419 g/mol. The standard InChI is InChI=1S/C19H16F3N5O3/c1-30-11-17(28)23-12-5-4-6-13(9-12)24-18(29)15-10-27(26-25-15)16-8-3-2-7-14(16)19(20,21)22/h2-10H,11H2,1H3,(H,23,28)(H,24,29). The van der Waals surface area contributed by atoms with Gasteiger partial charge in [0, 0.05) is 18.5 Å². The lowest BCUT2D eigenvalue weighted by atomic mass is 10.1. The fraction of sp³-hybridized carbons (Fsp3) is 0.158. The molecular formula is C19H16F3N5O3. The molecule has 30 heavy (non-hydrogen) atoms. The van der Waals surface area contributed by atoms with E-state index >= 15 is 0 Å². The van der Waals surface area contributed by atoms with E-state index in [0.29, 0.717) is 11.4 Å². The lowest BCUT2D eigenvalue weighted by Gasteiger charge is -2.11. The number of ether oxygens (including phenoxy) is 1. The third-order valence-corrected chi connectivity index (χ3v) is 3.86. The van der Waals surface area contributed by atoms with E-state index in [-0.39, 0.29) is 23.9 Å². The summed E-state index contributed by atoms with van der Waals surface area (Å²) in [4.78, 5) is 24.0. The van der Waals surface area contributed by atoms with E-state index in [2.05, 4.69) is 20.9 Å². The third-order valence-electron chi connectivity index (χ3n) is 3.86. The average Bonchev–Trinajstić information content (AvgIpc) is 3.18. The van der Waals surface area contributed by atoms with Gasteiger partial charge in [0.25, 0.3) is 5.91 Å². The Hall–Kier alpha value is -3.73. The normalized spacial score (nSPS) is 11.2. The third kappa shape index (κ3) is 5.00. The first-order valence-corrected chi connectivity index (χ1v) is 8.57. The molecule has 0 aliphatic heterocycles. The van der Waals surface area contributed by atoms with Crippen LogP contribution in [-0.4, -0.2) is 40.5 Å². The molecule has 1 aromatic heterocycles. The van der Waals surface area contributed by atoms with Crippen LogP contribution in [0.2, 0.25) is 0 Å². The minimum Gasteiger partial charge on any atom is -0.375 e. The number of carbonyl (C=O) groups excluding carboxylic acids is 2. The van der Waals surface area contributed by atoms with Crippen LogP contribution >= 0.6 is 0 Å². The molecule has 0 atom stereocenters. The molecule has 0 bridgehead atoms. The van der Waals surface area contributed by atoms with Gasteiger partial charge in [-0.2, -0.15) is 13.2 Å². The molecular weight excluding hydrogens is 403 g/mol. The van der Waals surface area contributed by atoms with Crippen molar-refractivity contribution >= 4 is 23.2 Å². The second-order valence-electron chi connectivity index (χ2n) is 6.08. The molecule has 8 nitrogen and oxygen atoms in total. The van der Waals surface area contributed by atoms with E-state index in [0.717, 1.165) is 16.9 Å². The summed E-state index contributed by atoms with van der Waals surface area (Å²) >= 11 is 0. The first kappa shape index (κ1) is 21.0. The summed E-state index contributed by atoms with van der Waals surface area (Å²) in [5.74, 6) is -1.04. The van der Waals surface area contributed by atoms with E-state index in [4.69, 9.17) is 4.74 Å². The summed E-state index contributed by atoms with van der Waals surface area (Å²) < 4.78 is 45.2. The number of benzene rings is 2. The fourth-order valence-corrected chi connectivity index (χ4v) is 2.60. The van der Waals surface area contributed by atoms with Crippen molar-refractivity contribution in [1.29, 1.82) is 0 Å². The number of aromatic nitrogens is 3. The number of halogens is 3. The Bertz CT molecular complexity index is 1070. The molecule has 3 rings (SSSR count). The summed E-state index contributed by atoms with van der Waals surface area (Å²) in [5, 5.41) is 12.4. The van der Waals surface area contributed by atoms with Crippen LogP contribution in [0.15, 0.2) is 54.7 Å². The fourth-order valence-electron chi connectivity index (χ4n) is 2.60. The van der Waals surface area contributed by atoms with Gasteiger partial charge < -0.3 is 15.4 Å². The molecule has 0 saturated heterocycles. The number of nitrogens with one attached hydrogen (secondary N) is 2. The predicted molar refractivity (Wildman–Crippen MR) is 101 cm³/mol. The van der Waals surface area contributed by atoms with Gasteiger partial charge in [0.15, 0.2) is 5.69 Å². The van der Waals surface area contributed by atoms with E-state index in [1.807, 2.05) is 0 Å². The first-order chi connectivity index (χ1) is 14.3. The zero-order chi connectivity index (χ0) is 21.7. The van der Waals surface area contributed by atoms with Crippen molar-refractivity contribution in [3.63, 3.8) is 0 Å². The van der Waals surface area contributed by atoms with Gasteiger partial charge in [0.05, 0.1) is 17.4 Å². The Morgan fingerprint density at radius 3 is 2.47 bits per heavy atom. The van der Waals surface area contributed by atoms with Gasteiger partial charge in [-0.1, -0.05) is 23.4 Å². The van der Waals surface area contributed by atoms with E-state index in [1.165, 1.54) is 31.4 Å². The van der Waals surface area contributed by atoms with Crippen LogP contribution in [0.1, 0.15) is 16.1 Å². The van der Waals surface area contributed by atoms with Crippen LogP contribution < -0.4 is 10.6 Å². The zero-order valence-corrected chi connectivity index (χ0v) is 15.6. The van der Waals surface area contributed by atoms with Crippen molar-refractivity contribution < 1.29 is 27.5 Å². The molecule has 0 aliphatic rings. The number of hydrogen-bond donors (Lipinski definition) is 2. The zero-order valence-electron chi connectivity index (χ0n) is 15.6. The van der Waals surface area contributed by atoms with Crippen molar-refractivity contribution in [3.05, 3.63) is 66.0 Å². The molecule has 11 heteroatoms. The number of amides is 2. The van der Waals surface area contributed by atoms with Crippen LogP contribution in [0.5, 0.6) is 0 Å². The maximum Gasteiger partial charge on any atom is 0.418 e. The van der Waals surface area contributed by atoms with Crippen molar-refractivity contribution in [1.82, 2.24) is 15.0 Å². The van der Waals surface area contributed by atoms with Crippen LogP contribution in [-0.2, 0) is 15.7 Å². The second kappa shape index (κ2) is 8.74. The van der Waals surface area contributed by atoms with Crippen LogP contribution in [0, 0.1) is 0 Å². The molecule has 0 fully saturated rings. The highest BCUT2D eigenvalue weighted by Crippen LogP contribution is 2.33. The predicted octanol–water partition coefficient (Wildman–Crippen LogP) is 3.12. The summed E-state index contributed by atoms with van der Waals surface area (Å²) in [6.45, 7) is -0.126. The van der Waals surface area contributed by atoms with Gasteiger partial charge in [0.1, 0.15) is 6.61 Å². The number of nitrogens with zero attached hydrogens (tertiary/aromatic N) is 3. The highest BCUT2D eigenvalue weighted by Gasteiger charge is 2.34. The summed E-state index contributed by atoms with van der Waals surface area (Å²) in [7, 11) is 1.39. The van der Waals surface area contributed by atoms with Crippen LogP contribution in [0.3, 0.4) is 0 Å². The SMILES string of the molecule is COCC(=O)Nc1cccc(NC(=O)c2cn(-c3ccccc3C(F)(F)F)nn2)c1. The quantitative estimate of drug-likeness (QED) is 0.640. The summed E-state index contributed by atoms with van der Waals surface area (Å²) in [6, 6.07) is 11.1. The van der Waals surface area contributed by atoms with E-state index in [9.17, 15) is 22.8 Å². The number of methoxy groups -OCH3 is 1. The topological polar surface area (TPSA) is 98.1 Å². The molecule has 0 radical (unpaired) electrons. The monoisotopic (exact) mass is 419 g/mol. The Morgan fingerprint density at radius 2 is 1.77 bits per heavy atom. The van der Waals surface area contributed by atoms with Gasteiger partial charge in [-0.15, -0.1) is 5.10 Å². The Labute approximate surface area is 168 Å². The number of anilines is 2. The molecule has 2 aromatic carbocycles. The van der Waals surface area contributed by atoms with Gasteiger partial charge in [-0.3, -0.25) is 9.59 Å². The molecule has 2 amide bonds. The van der Waals surface area contributed by atoms with E-state index in [1.54, 1.807) is 18.2 Å². The van der Waals surface area contributed by atoms with Crippen LogP contribution in [0.25, 0.3) is 5.69 Å². The number of para-hydroxylation sites is 1. The molecule has 0 saturated carbocycles. The molecule has 0 aliphatic carbocycles. The van der Waals surface area contributed by atoms with Gasteiger partial charge in [-0.05, 0) is 30.3 Å². The highest BCUT2D eigenvalue weighted by molar-refractivity contribution is 6.03. The maximum absolute atomic E-state index is 13.2. The lowest BCUT2D eigenvalue weighted by Crippen LogP contribution is -2.17. The van der Waals surface area contributed by atoms with Gasteiger partial charge in [0.2, 0.25) is 5.91 Å². The first-order valence-electron chi connectivity index (χ1n) is 8.57. The smallest absolute Gasteiger partial charge is 0.375 e. The van der Waals surface area contributed by atoms with Crippen molar-refractivity contribution in [3.8, 4) is 5.69 Å². The molecule has 156 valence electrons. The Balaban J connectivity index is 1.76. The molecule has 0 spiro atoms. The summed E-state index contributed by atoms with van der Waals surface area (Å²) in [5.41, 5.74) is -0.556. The summed E-state index contributed by atoms with van der Waals surface area (Å²) in [6.07, 6.45) is -3.48. The highest BCUT2D eigenvalue weighted by atomic mass is 19.4. The number of carbonyl (C=O) groups is 2. The lowest BCUT2D eigenvalue weighted by molar-refractivity contribution is -0.137. The van der Waals surface area contributed by atoms with Crippen LogP contribution in [0.4, 0.5) is 24.5 Å². The molecule has 0 unspecified atom stereocenters. The van der Waals surface area contributed by atoms with Gasteiger partial charge >= 0.3 is 6.18 Å². The number of rotatable bonds is 6. The molecule has 2 N–H and O–H groups in total. The Kier molecular flexibility index (Phi) is 6.11. The van der Waals surface area contributed by atoms with Crippen molar-refractivity contribution in [2.75, 3.05) is 24.4 Å². The minimum absolute atomic E-state index is 0.126. The second-order valence-corrected chi connectivity index (χ2v) is 6.08. The van der Waals surface area contributed by atoms with E-state index < -0.39 is 17.6 Å². The maximum atomic E-state index is 13.2. The number of hydrogen-bond acceptors (Lipinski definition) is 5. The van der Waals surface area contributed by atoms with Crippen molar-refractivity contribution in [2.45, 2.75) is 6.18 Å².